The first-order valence-electron chi connectivity index (χ1n) is 7.48. The molecule has 0 radical (unpaired) electrons. The van der Waals surface area contributed by atoms with Gasteiger partial charge in [-0.25, -0.2) is 0 Å². The first-order valence-corrected chi connectivity index (χ1v) is 7.48. The summed E-state index contributed by atoms with van der Waals surface area (Å²) < 4.78 is 5.27. The van der Waals surface area contributed by atoms with Gasteiger partial charge in [-0.15, -0.1) is 0 Å². The van der Waals surface area contributed by atoms with E-state index in [1.165, 1.54) is 0 Å². The fourth-order valence-electron chi connectivity index (χ4n) is 1.89. The summed E-state index contributed by atoms with van der Waals surface area (Å²) in [5, 5.41) is 3.99. The molecule has 0 aliphatic heterocycles. The third-order valence-electron chi connectivity index (χ3n) is 3.50. The van der Waals surface area contributed by atoms with Gasteiger partial charge in [0.2, 0.25) is 11.7 Å². The van der Waals surface area contributed by atoms with Gasteiger partial charge in [-0.2, -0.15) is 4.98 Å². The third-order valence-corrected chi connectivity index (χ3v) is 3.50. The predicted molar refractivity (Wildman–Crippen MR) is 86.5 cm³/mol. The Bertz CT molecular complexity index is 829. The topological polar surface area (TPSA) is 64.7 Å². The molecule has 0 bridgehead atoms. The Morgan fingerprint density at radius 1 is 1.09 bits per heavy atom. The Morgan fingerprint density at radius 2 is 1.87 bits per heavy atom. The second-order valence-corrected chi connectivity index (χ2v) is 5.18. The van der Waals surface area contributed by atoms with Crippen molar-refractivity contribution in [1.29, 1.82) is 0 Å². The van der Waals surface area contributed by atoms with E-state index in [2.05, 4.69) is 45.8 Å². The molecule has 1 atom stereocenters. The molecule has 0 aliphatic carbocycles. The molecule has 0 aliphatic rings. The summed E-state index contributed by atoms with van der Waals surface area (Å²) >= 11 is 0. The normalized spacial score (nSPS) is 11.6. The van der Waals surface area contributed by atoms with Crippen LogP contribution in [0.5, 0.6) is 0 Å². The quantitative estimate of drug-likeness (QED) is 0.693. The first-order chi connectivity index (χ1) is 11.3. The molecule has 5 heteroatoms. The summed E-state index contributed by atoms with van der Waals surface area (Å²) in [6.07, 6.45) is 6.11. The minimum Gasteiger partial charge on any atom is -0.339 e. The molecular weight excluding hydrogens is 288 g/mol. The molecule has 0 amide bonds. The van der Waals surface area contributed by atoms with Crippen molar-refractivity contribution in [1.82, 2.24) is 20.1 Å². The van der Waals surface area contributed by atoms with E-state index in [1.807, 2.05) is 24.3 Å². The molecule has 0 N–H and O–H groups in total. The maximum atomic E-state index is 5.27. The van der Waals surface area contributed by atoms with Gasteiger partial charge in [-0.3, -0.25) is 9.97 Å². The van der Waals surface area contributed by atoms with Crippen molar-refractivity contribution < 1.29 is 4.52 Å². The Labute approximate surface area is 134 Å². The summed E-state index contributed by atoms with van der Waals surface area (Å²) in [6.45, 7) is 4.14. The first kappa shape index (κ1) is 14.9. The van der Waals surface area contributed by atoms with Crippen LogP contribution >= 0.6 is 0 Å². The van der Waals surface area contributed by atoms with E-state index in [1.54, 1.807) is 18.6 Å². The van der Waals surface area contributed by atoms with Crippen molar-refractivity contribution in [3.63, 3.8) is 0 Å². The van der Waals surface area contributed by atoms with Crippen LogP contribution in [0, 0.1) is 11.8 Å². The minimum absolute atomic E-state index is 0.252. The van der Waals surface area contributed by atoms with Crippen LogP contribution in [-0.4, -0.2) is 20.1 Å². The summed E-state index contributed by atoms with van der Waals surface area (Å²) in [4.78, 5) is 12.7. The van der Waals surface area contributed by atoms with Crippen LogP contribution in [0.1, 0.15) is 43.2 Å². The zero-order chi connectivity index (χ0) is 16.1. The second-order valence-electron chi connectivity index (χ2n) is 5.18. The minimum atomic E-state index is 0.252. The van der Waals surface area contributed by atoms with E-state index in [4.69, 9.17) is 4.52 Å². The molecule has 0 aromatic carbocycles. The summed E-state index contributed by atoms with van der Waals surface area (Å²) in [6, 6.07) is 7.48. The highest BCUT2D eigenvalue weighted by Gasteiger charge is 2.14. The molecule has 5 nitrogen and oxygen atoms in total. The van der Waals surface area contributed by atoms with E-state index in [-0.39, 0.29) is 5.92 Å². The molecule has 114 valence electrons. The molecule has 0 fully saturated rings. The van der Waals surface area contributed by atoms with Gasteiger partial charge in [0.05, 0.1) is 0 Å². The molecule has 3 aromatic rings. The van der Waals surface area contributed by atoms with Crippen molar-refractivity contribution in [3.05, 3.63) is 59.9 Å². The molecule has 23 heavy (non-hydrogen) atoms. The van der Waals surface area contributed by atoms with Crippen LogP contribution in [0.4, 0.5) is 0 Å². The number of nitrogens with zero attached hydrogens (tertiary/aromatic N) is 4. The van der Waals surface area contributed by atoms with Crippen molar-refractivity contribution in [2.24, 2.45) is 0 Å². The van der Waals surface area contributed by atoms with Gasteiger partial charge >= 0.3 is 0 Å². The lowest BCUT2D eigenvalue weighted by molar-refractivity contribution is 0.357. The predicted octanol–water partition coefficient (Wildman–Crippen LogP) is 3.44. The molecule has 1 unspecified atom stereocenters. The largest absolute Gasteiger partial charge is 0.339 e. The fraction of sp³-hybridized carbons (Fsp3) is 0.222. The van der Waals surface area contributed by atoms with Gasteiger partial charge in [0.15, 0.2) is 0 Å². The lowest BCUT2D eigenvalue weighted by Crippen LogP contribution is -1.92. The highest BCUT2D eigenvalue weighted by molar-refractivity contribution is 5.50. The average Bonchev–Trinajstić information content (AvgIpc) is 3.11. The molecule has 3 heterocycles. The van der Waals surface area contributed by atoms with E-state index < -0.39 is 0 Å². The van der Waals surface area contributed by atoms with Crippen LogP contribution < -0.4 is 0 Å². The van der Waals surface area contributed by atoms with Crippen molar-refractivity contribution >= 4 is 0 Å². The summed E-state index contributed by atoms with van der Waals surface area (Å²) in [7, 11) is 0. The van der Waals surface area contributed by atoms with Crippen LogP contribution in [-0.2, 0) is 0 Å². The van der Waals surface area contributed by atoms with Crippen molar-refractivity contribution in [2.45, 2.75) is 26.2 Å². The molecule has 0 spiro atoms. The van der Waals surface area contributed by atoms with Crippen LogP contribution in [0.2, 0.25) is 0 Å². The highest BCUT2D eigenvalue weighted by atomic mass is 16.5. The van der Waals surface area contributed by atoms with E-state index >= 15 is 0 Å². The number of hydrogen-bond donors (Lipinski definition) is 0. The van der Waals surface area contributed by atoms with Gasteiger partial charge in [-0.05, 0) is 30.7 Å². The van der Waals surface area contributed by atoms with Crippen LogP contribution in [0.3, 0.4) is 0 Å². The molecule has 0 saturated heterocycles. The summed E-state index contributed by atoms with van der Waals surface area (Å²) in [5.74, 6) is 7.54. The monoisotopic (exact) mass is 304 g/mol. The van der Waals surface area contributed by atoms with Crippen LogP contribution in [0.15, 0.2) is 47.4 Å². The Morgan fingerprint density at radius 3 is 2.57 bits per heavy atom. The number of rotatable bonds is 3. The maximum Gasteiger partial charge on any atom is 0.229 e. The van der Waals surface area contributed by atoms with Gasteiger partial charge in [0.25, 0.3) is 0 Å². The zero-order valence-corrected chi connectivity index (χ0v) is 13.0. The van der Waals surface area contributed by atoms with E-state index in [0.29, 0.717) is 17.4 Å². The van der Waals surface area contributed by atoms with Gasteiger partial charge in [-0.1, -0.05) is 30.8 Å². The number of hydrogen-bond acceptors (Lipinski definition) is 5. The van der Waals surface area contributed by atoms with Gasteiger partial charge < -0.3 is 4.52 Å². The molecule has 0 saturated carbocycles. The highest BCUT2D eigenvalue weighted by Crippen LogP contribution is 2.20. The lowest BCUT2D eigenvalue weighted by Gasteiger charge is -1.98. The zero-order valence-electron chi connectivity index (χ0n) is 13.0. The maximum absolute atomic E-state index is 5.27. The molecule has 3 rings (SSSR count). The molecular formula is C18H16N4O. The van der Waals surface area contributed by atoms with Crippen molar-refractivity contribution in [2.75, 3.05) is 0 Å². The molecule has 3 aromatic heterocycles. The lowest BCUT2D eigenvalue weighted by atomic mass is 10.1. The van der Waals surface area contributed by atoms with Gasteiger partial charge in [0, 0.05) is 35.6 Å². The number of pyridine rings is 2. The fourth-order valence-corrected chi connectivity index (χ4v) is 1.89. The van der Waals surface area contributed by atoms with Crippen molar-refractivity contribution in [3.8, 4) is 23.4 Å². The van der Waals surface area contributed by atoms with Gasteiger partial charge in [0.1, 0.15) is 5.69 Å². The Hall–Kier alpha value is -3.00. The Kier molecular flexibility index (Phi) is 4.44. The SMILES string of the molecule is CCC(C)c1nc(-c2ccc(C#Cc3ccncc3)cn2)no1. The summed E-state index contributed by atoms with van der Waals surface area (Å²) in [5.41, 5.74) is 2.43. The average molecular weight is 304 g/mol. The number of aromatic nitrogens is 4. The Balaban J connectivity index is 1.77. The van der Waals surface area contributed by atoms with E-state index in [0.717, 1.165) is 17.5 Å². The standard InChI is InChI=1S/C18H16N4O/c1-3-13(2)18-21-17(22-23-18)16-7-6-15(12-20-16)5-4-14-8-10-19-11-9-14/h6-13H,3H2,1-2H3. The second kappa shape index (κ2) is 6.84. The third kappa shape index (κ3) is 3.61. The smallest absolute Gasteiger partial charge is 0.229 e. The van der Waals surface area contributed by atoms with Crippen LogP contribution in [0.25, 0.3) is 11.5 Å². The van der Waals surface area contributed by atoms with E-state index in [9.17, 15) is 0 Å².